The summed E-state index contributed by atoms with van der Waals surface area (Å²) in [7, 11) is -1.20. The summed E-state index contributed by atoms with van der Waals surface area (Å²) < 4.78 is 57.9. The molecule has 0 aromatic carbocycles. The summed E-state index contributed by atoms with van der Waals surface area (Å²) in [6.45, 7) is 4.95. The van der Waals surface area contributed by atoms with Crippen LogP contribution >= 0.6 is 21.6 Å². The largest absolute Gasteiger partial charge is 0.381 e. The Morgan fingerprint density at radius 1 is 0.833 bits per heavy atom. The van der Waals surface area contributed by atoms with Crippen LogP contribution < -0.4 is 0 Å². The number of rotatable bonds is 15. The van der Waals surface area contributed by atoms with Crippen LogP contribution in [0.3, 0.4) is 0 Å². The Bertz CT molecular complexity index is 477. The molecule has 0 spiro atoms. The van der Waals surface area contributed by atoms with Gasteiger partial charge in [0.25, 0.3) is 0 Å². The lowest BCUT2D eigenvalue weighted by atomic mass is 10.4. The molecule has 0 saturated carbocycles. The molecular weight excluding hydrogens is 394 g/mol. The molecule has 0 amide bonds. The van der Waals surface area contributed by atoms with E-state index in [9.17, 15) is 16.8 Å². The zero-order valence-corrected chi connectivity index (χ0v) is 18.0. The van der Waals surface area contributed by atoms with Crippen LogP contribution in [-0.2, 0) is 27.2 Å². The van der Waals surface area contributed by atoms with Crippen LogP contribution in [0.1, 0.15) is 13.8 Å². The Labute approximate surface area is 153 Å². The van der Waals surface area contributed by atoms with Gasteiger partial charge in [-0.25, -0.2) is 16.8 Å². The van der Waals surface area contributed by atoms with Crippen molar-refractivity contribution in [1.29, 1.82) is 0 Å². The first-order chi connectivity index (χ1) is 11.1. The minimum Gasteiger partial charge on any atom is -0.381 e. The maximum Gasteiger partial charge on any atom is 0.203 e. The van der Waals surface area contributed by atoms with Crippen LogP contribution in [0.5, 0.6) is 0 Å². The van der Waals surface area contributed by atoms with Gasteiger partial charge in [0, 0.05) is 30.8 Å². The maximum atomic E-state index is 11.9. The van der Waals surface area contributed by atoms with E-state index in [1.807, 2.05) is 32.8 Å². The summed E-state index contributed by atoms with van der Waals surface area (Å²) in [5.74, 6) is 0.557. The van der Waals surface area contributed by atoms with Crippen molar-refractivity contribution in [2.45, 2.75) is 19.9 Å². The molecule has 0 aromatic rings. The third-order valence-electron chi connectivity index (χ3n) is 2.97. The summed E-state index contributed by atoms with van der Waals surface area (Å²) in [6, 6.07) is -0.163. The second kappa shape index (κ2) is 12.8. The molecule has 0 heterocycles. The van der Waals surface area contributed by atoms with Crippen LogP contribution in [0, 0.1) is 0 Å². The highest BCUT2D eigenvalue weighted by Crippen LogP contribution is 2.21. The van der Waals surface area contributed by atoms with Crippen molar-refractivity contribution in [2.75, 3.05) is 63.5 Å². The van der Waals surface area contributed by atoms with E-state index in [0.717, 1.165) is 21.6 Å². The van der Waals surface area contributed by atoms with Gasteiger partial charge in [-0.15, -0.1) is 0 Å². The SMILES string of the molecule is CCOCCS(=O)(=O)SCC(CSS(=O)(=O)CCOCC)N(C)C. The van der Waals surface area contributed by atoms with Crippen LogP contribution in [0.4, 0.5) is 0 Å². The van der Waals surface area contributed by atoms with Crippen LogP contribution in [0.2, 0.25) is 0 Å². The summed E-state index contributed by atoms with van der Waals surface area (Å²) in [6.07, 6.45) is 0. The van der Waals surface area contributed by atoms with Gasteiger partial charge < -0.3 is 14.4 Å². The molecule has 0 saturated heterocycles. The van der Waals surface area contributed by atoms with Crippen molar-refractivity contribution in [3.8, 4) is 0 Å². The quantitative estimate of drug-likeness (QED) is 0.284. The highest BCUT2D eigenvalue weighted by Gasteiger charge is 2.21. The fourth-order valence-corrected chi connectivity index (χ4v) is 7.33. The smallest absolute Gasteiger partial charge is 0.203 e. The molecule has 7 nitrogen and oxygen atoms in total. The van der Waals surface area contributed by atoms with E-state index in [4.69, 9.17) is 9.47 Å². The molecule has 0 aromatic heterocycles. The molecule has 0 aliphatic heterocycles. The first-order valence-corrected chi connectivity index (χ1v) is 14.0. The van der Waals surface area contributed by atoms with E-state index < -0.39 is 17.7 Å². The molecule has 24 heavy (non-hydrogen) atoms. The predicted molar refractivity (Wildman–Crippen MR) is 103 cm³/mol. The van der Waals surface area contributed by atoms with E-state index in [1.165, 1.54) is 0 Å². The molecule has 0 N–H and O–H groups in total. The normalized spacial score (nSPS) is 13.1. The molecule has 0 fully saturated rings. The van der Waals surface area contributed by atoms with Gasteiger partial charge in [0.05, 0.1) is 24.7 Å². The Balaban J connectivity index is 4.40. The number of hydrogen-bond acceptors (Lipinski definition) is 9. The lowest BCUT2D eigenvalue weighted by molar-refractivity contribution is 0.163. The fraction of sp³-hybridized carbons (Fsp3) is 1.00. The lowest BCUT2D eigenvalue weighted by Gasteiger charge is -2.23. The molecule has 146 valence electrons. The lowest BCUT2D eigenvalue weighted by Crippen LogP contribution is -2.33. The zero-order chi connectivity index (χ0) is 18.6. The molecule has 0 rings (SSSR count). The van der Waals surface area contributed by atoms with Crippen molar-refractivity contribution < 1.29 is 26.3 Å². The number of ether oxygens (including phenoxy) is 2. The van der Waals surface area contributed by atoms with Crippen LogP contribution in [-0.4, -0.2) is 91.3 Å². The van der Waals surface area contributed by atoms with E-state index in [2.05, 4.69) is 0 Å². The topological polar surface area (TPSA) is 90.0 Å². The van der Waals surface area contributed by atoms with E-state index in [-0.39, 0.29) is 30.8 Å². The first kappa shape index (κ1) is 24.5. The van der Waals surface area contributed by atoms with Gasteiger partial charge in [0.15, 0.2) is 0 Å². The van der Waals surface area contributed by atoms with Gasteiger partial charge in [-0.1, -0.05) is 0 Å². The van der Waals surface area contributed by atoms with E-state index in [1.54, 1.807) is 0 Å². The van der Waals surface area contributed by atoms with Crippen LogP contribution in [0.15, 0.2) is 0 Å². The van der Waals surface area contributed by atoms with Crippen molar-refractivity contribution >= 4 is 39.3 Å². The molecule has 0 aliphatic carbocycles. The molecule has 0 aliphatic rings. The van der Waals surface area contributed by atoms with Gasteiger partial charge in [0.1, 0.15) is 0 Å². The van der Waals surface area contributed by atoms with Gasteiger partial charge in [-0.05, 0) is 49.5 Å². The van der Waals surface area contributed by atoms with Crippen molar-refractivity contribution in [3.05, 3.63) is 0 Å². The van der Waals surface area contributed by atoms with Crippen molar-refractivity contribution in [3.63, 3.8) is 0 Å². The minimum absolute atomic E-state index is 0.0363. The number of hydrogen-bond donors (Lipinski definition) is 0. The summed E-state index contributed by atoms with van der Waals surface area (Å²) in [5.41, 5.74) is 0. The van der Waals surface area contributed by atoms with Crippen molar-refractivity contribution in [2.24, 2.45) is 0 Å². The van der Waals surface area contributed by atoms with Gasteiger partial charge in [0.2, 0.25) is 17.7 Å². The first-order valence-electron chi connectivity index (χ1n) is 7.69. The highest BCUT2D eigenvalue weighted by atomic mass is 33.1. The standard InChI is InChI=1S/C13H29NO6S4/c1-5-19-7-9-23(15,16)21-11-13(14(3)4)12-22-24(17,18)10-8-20-6-2/h13H,5-12H2,1-4H3. The van der Waals surface area contributed by atoms with Gasteiger partial charge in [-0.3, -0.25) is 0 Å². The monoisotopic (exact) mass is 423 g/mol. The average molecular weight is 424 g/mol. The molecule has 0 radical (unpaired) electrons. The van der Waals surface area contributed by atoms with Crippen LogP contribution in [0.25, 0.3) is 0 Å². The third-order valence-corrected chi connectivity index (χ3v) is 10.0. The highest BCUT2D eigenvalue weighted by molar-refractivity contribution is 8.72. The Morgan fingerprint density at radius 3 is 1.50 bits per heavy atom. The Morgan fingerprint density at radius 2 is 1.21 bits per heavy atom. The third kappa shape index (κ3) is 12.8. The number of nitrogens with zero attached hydrogens (tertiary/aromatic N) is 1. The van der Waals surface area contributed by atoms with E-state index in [0.29, 0.717) is 24.7 Å². The summed E-state index contributed by atoms with van der Waals surface area (Å²) in [5, 5.41) is 0. The zero-order valence-electron chi connectivity index (χ0n) is 14.8. The Kier molecular flexibility index (Phi) is 13.0. The van der Waals surface area contributed by atoms with Crippen molar-refractivity contribution in [1.82, 2.24) is 4.90 Å². The van der Waals surface area contributed by atoms with Gasteiger partial charge >= 0.3 is 0 Å². The Hall–Kier alpha value is 0.480. The second-order valence-electron chi connectivity index (χ2n) is 5.10. The molecule has 11 heteroatoms. The maximum absolute atomic E-state index is 11.9. The molecule has 0 atom stereocenters. The second-order valence-corrected chi connectivity index (χ2v) is 13.8. The molecule has 0 unspecified atom stereocenters. The minimum atomic E-state index is -3.27. The molecular formula is C13H29NO6S4. The fourth-order valence-electron chi connectivity index (χ4n) is 1.44. The average Bonchev–Trinajstić information content (AvgIpc) is 2.47. The van der Waals surface area contributed by atoms with Gasteiger partial charge in [-0.2, -0.15) is 0 Å². The summed E-state index contributed by atoms with van der Waals surface area (Å²) >= 11 is 0. The molecule has 0 bridgehead atoms. The predicted octanol–water partition coefficient (Wildman–Crippen LogP) is 1.12. The summed E-state index contributed by atoms with van der Waals surface area (Å²) in [4.78, 5) is 1.84. The van der Waals surface area contributed by atoms with E-state index >= 15 is 0 Å².